The topological polar surface area (TPSA) is 75.6 Å². The predicted octanol–water partition coefficient (Wildman–Crippen LogP) is 1.72. The molecule has 6 heteroatoms. The Morgan fingerprint density at radius 3 is 2.69 bits per heavy atom. The molecule has 0 rings (SSSR count). The van der Waals surface area contributed by atoms with Crippen LogP contribution in [0.2, 0.25) is 0 Å². The first-order valence-corrected chi connectivity index (χ1v) is 6.22. The molecule has 0 aliphatic rings. The number of thioether (sulfide) groups is 1. The Balaban J connectivity index is 4.26. The van der Waals surface area contributed by atoms with E-state index in [-0.39, 0.29) is 6.90 Å². The van der Waals surface area contributed by atoms with Crippen molar-refractivity contribution in [3.63, 3.8) is 0 Å². The standard InChI is InChI=1S/C10H19NO4S/c1-10(2,3)15-9(14)11-7(8(12)13)5-6-16-4/h7H,5-6H2,1-4H3,(H,11,14)(H,12,13)/t7-/m0/s1/i1D. The van der Waals surface area contributed by atoms with Crippen LogP contribution in [-0.2, 0) is 9.53 Å². The molecule has 0 unspecified atom stereocenters. The van der Waals surface area contributed by atoms with Crippen LogP contribution in [0.1, 0.15) is 28.5 Å². The third kappa shape index (κ3) is 7.39. The fraction of sp³-hybridized carbons (Fsp3) is 0.800. The van der Waals surface area contributed by atoms with Crippen LogP contribution in [0, 0.1) is 0 Å². The molecule has 5 nitrogen and oxygen atoms in total. The number of carbonyl (C=O) groups is 2. The van der Waals surface area contributed by atoms with Gasteiger partial charge in [0.15, 0.2) is 0 Å². The van der Waals surface area contributed by atoms with Crippen molar-refractivity contribution in [3.05, 3.63) is 0 Å². The largest absolute Gasteiger partial charge is 0.480 e. The summed E-state index contributed by atoms with van der Waals surface area (Å²) in [6.07, 6.45) is 1.41. The van der Waals surface area contributed by atoms with Crippen molar-refractivity contribution >= 4 is 23.8 Å². The Kier molecular flexibility index (Phi) is 5.45. The monoisotopic (exact) mass is 250 g/mol. The van der Waals surface area contributed by atoms with E-state index in [0.29, 0.717) is 12.2 Å². The van der Waals surface area contributed by atoms with Crippen molar-refractivity contribution in [1.29, 1.82) is 0 Å². The van der Waals surface area contributed by atoms with E-state index in [1.54, 1.807) is 13.8 Å². The van der Waals surface area contributed by atoms with E-state index < -0.39 is 23.7 Å². The van der Waals surface area contributed by atoms with Crippen molar-refractivity contribution in [1.82, 2.24) is 5.32 Å². The molecular formula is C10H19NO4S. The Morgan fingerprint density at radius 1 is 1.62 bits per heavy atom. The molecule has 0 radical (unpaired) electrons. The number of rotatable bonds is 5. The van der Waals surface area contributed by atoms with E-state index in [0.717, 1.165) is 0 Å². The molecule has 0 aliphatic carbocycles. The number of alkyl carbamates (subject to hydrolysis) is 1. The number of hydrogen-bond acceptors (Lipinski definition) is 4. The third-order valence-corrected chi connectivity index (χ3v) is 2.21. The first-order valence-electron chi connectivity index (χ1n) is 5.53. The maximum absolute atomic E-state index is 11.4. The number of carboxylic acids is 1. The summed E-state index contributed by atoms with van der Waals surface area (Å²) < 4.78 is 12.1. The van der Waals surface area contributed by atoms with Crippen LogP contribution >= 0.6 is 11.8 Å². The van der Waals surface area contributed by atoms with Crippen molar-refractivity contribution < 1.29 is 20.8 Å². The quantitative estimate of drug-likeness (QED) is 0.777. The van der Waals surface area contributed by atoms with E-state index in [1.807, 2.05) is 6.26 Å². The maximum atomic E-state index is 11.4. The molecule has 1 atom stereocenters. The van der Waals surface area contributed by atoms with E-state index in [9.17, 15) is 9.59 Å². The lowest BCUT2D eigenvalue weighted by molar-refractivity contribution is -0.139. The van der Waals surface area contributed by atoms with Crippen LogP contribution in [0.3, 0.4) is 0 Å². The van der Waals surface area contributed by atoms with E-state index >= 15 is 0 Å². The highest BCUT2D eigenvalue weighted by atomic mass is 32.2. The molecule has 0 saturated carbocycles. The number of nitrogens with one attached hydrogen (secondary N) is 1. The summed E-state index contributed by atoms with van der Waals surface area (Å²) in [5.41, 5.74) is -0.910. The third-order valence-electron chi connectivity index (χ3n) is 1.57. The lowest BCUT2D eigenvalue weighted by Gasteiger charge is -2.21. The number of ether oxygens (including phenoxy) is 1. The highest BCUT2D eigenvalue weighted by molar-refractivity contribution is 7.98. The molecule has 0 heterocycles. The second kappa shape index (κ2) is 6.62. The van der Waals surface area contributed by atoms with Gasteiger partial charge in [-0.05, 0) is 39.2 Å². The summed E-state index contributed by atoms with van der Waals surface area (Å²) in [7, 11) is 0. The molecule has 0 bridgehead atoms. The fourth-order valence-electron chi connectivity index (χ4n) is 0.916. The average Bonchev–Trinajstić information content (AvgIpc) is 2.23. The van der Waals surface area contributed by atoms with Crippen LogP contribution in [0.15, 0.2) is 0 Å². The van der Waals surface area contributed by atoms with E-state index in [2.05, 4.69) is 5.32 Å². The van der Waals surface area contributed by atoms with Gasteiger partial charge in [0.25, 0.3) is 0 Å². The van der Waals surface area contributed by atoms with E-state index in [4.69, 9.17) is 11.2 Å². The predicted molar refractivity (Wildman–Crippen MR) is 63.8 cm³/mol. The van der Waals surface area contributed by atoms with Crippen molar-refractivity contribution in [3.8, 4) is 0 Å². The number of hydrogen-bond donors (Lipinski definition) is 2. The summed E-state index contributed by atoms with van der Waals surface area (Å²) in [5.74, 6) is -0.446. The summed E-state index contributed by atoms with van der Waals surface area (Å²) in [6.45, 7) is 3.11. The normalized spacial score (nSPS) is 13.8. The highest BCUT2D eigenvalue weighted by Crippen LogP contribution is 2.08. The zero-order valence-electron chi connectivity index (χ0n) is 10.8. The molecular weight excluding hydrogens is 230 g/mol. The summed E-state index contributed by atoms with van der Waals surface area (Å²) >= 11 is 1.51. The minimum atomic E-state index is -1.08. The van der Waals surface area contributed by atoms with Gasteiger partial charge in [-0.1, -0.05) is 0 Å². The van der Waals surface area contributed by atoms with Crippen LogP contribution in [0.25, 0.3) is 0 Å². The van der Waals surface area contributed by atoms with Crippen molar-refractivity contribution in [2.75, 3.05) is 12.0 Å². The number of amides is 1. The molecule has 1 amide bonds. The Bertz CT molecular complexity index is 273. The molecule has 0 saturated heterocycles. The number of carbonyl (C=O) groups excluding carboxylic acids is 1. The van der Waals surface area contributed by atoms with E-state index in [1.165, 1.54) is 11.8 Å². The molecule has 0 aromatic heterocycles. The molecule has 0 aliphatic heterocycles. The van der Waals surface area contributed by atoms with Gasteiger partial charge in [0.2, 0.25) is 0 Å². The molecule has 0 aromatic carbocycles. The number of carboxylic acid groups (broad SMARTS) is 1. The Hall–Kier alpha value is -0.910. The zero-order valence-corrected chi connectivity index (χ0v) is 10.6. The molecule has 0 spiro atoms. The number of aliphatic carboxylic acids is 1. The second-order valence-electron chi connectivity index (χ2n) is 3.97. The van der Waals surface area contributed by atoms with Gasteiger partial charge in [-0.15, -0.1) is 0 Å². The van der Waals surface area contributed by atoms with Crippen LogP contribution in [0.4, 0.5) is 4.79 Å². The minimum absolute atomic E-state index is 0.0804. The van der Waals surface area contributed by atoms with Crippen LogP contribution in [-0.4, -0.2) is 40.8 Å². The Morgan fingerprint density at radius 2 is 2.25 bits per heavy atom. The molecule has 0 aromatic rings. The van der Waals surface area contributed by atoms with Gasteiger partial charge >= 0.3 is 12.1 Å². The first-order chi connectivity index (χ1) is 7.82. The average molecular weight is 250 g/mol. The molecule has 0 fully saturated rings. The second-order valence-corrected chi connectivity index (χ2v) is 4.95. The maximum Gasteiger partial charge on any atom is 0.408 e. The first kappa shape index (κ1) is 13.2. The van der Waals surface area contributed by atoms with Crippen molar-refractivity contribution in [2.24, 2.45) is 0 Å². The van der Waals surface area contributed by atoms with Gasteiger partial charge in [0.1, 0.15) is 11.6 Å². The SMILES string of the molecule is [2H]CC(C)(C)OC(=O)N[C@@H](CCSC)C(=O)O. The van der Waals surface area contributed by atoms with Crippen LogP contribution < -0.4 is 5.32 Å². The van der Waals surface area contributed by atoms with Gasteiger partial charge in [-0.25, -0.2) is 9.59 Å². The Labute approximate surface area is 101 Å². The lowest BCUT2D eigenvalue weighted by atomic mass is 10.2. The summed E-state index contributed by atoms with van der Waals surface area (Å²) in [4.78, 5) is 22.3. The van der Waals surface area contributed by atoms with Gasteiger partial charge < -0.3 is 15.2 Å². The van der Waals surface area contributed by atoms with Gasteiger partial charge in [0, 0.05) is 1.37 Å². The molecule has 2 N–H and O–H groups in total. The van der Waals surface area contributed by atoms with Crippen LogP contribution in [0.5, 0.6) is 0 Å². The van der Waals surface area contributed by atoms with Gasteiger partial charge in [-0.3, -0.25) is 0 Å². The molecule has 16 heavy (non-hydrogen) atoms. The lowest BCUT2D eigenvalue weighted by Crippen LogP contribution is -2.43. The summed E-state index contributed by atoms with van der Waals surface area (Å²) in [6, 6.07) is -0.948. The zero-order chi connectivity index (χ0) is 13.5. The van der Waals surface area contributed by atoms with Crippen molar-refractivity contribution in [2.45, 2.75) is 38.8 Å². The summed E-state index contributed by atoms with van der Waals surface area (Å²) in [5, 5.41) is 11.2. The molecule has 94 valence electrons. The fourth-order valence-corrected chi connectivity index (χ4v) is 1.39. The van der Waals surface area contributed by atoms with Gasteiger partial charge in [0.05, 0.1) is 0 Å². The minimum Gasteiger partial charge on any atom is -0.480 e. The smallest absolute Gasteiger partial charge is 0.408 e. The van der Waals surface area contributed by atoms with Gasteiger partial charge in [-0.2, -0.15) is 11.8 Å². The highest BCUT2D eigenvalue weighted by Gasteiger charge is 2.23.